The Hall–Kier alpha value is -3.61. The molecule has 0 atom stereocenters. The molecule has 7 heteroatoms. The lowest BCUT2D eigenvalue weighted by molar-refractivity contribution is 0.0947. The molecule has 0 bridgehead atoms. The highest BCUT2D eigenvalue weighted by Crippen LogP contribution is 2.23. The number of benzene rings is 2. The van der Waals surface area contributed by atoms with Gasteiger partial charge in [0.05, 0.1) is 6.54 Å². The molecule has 0 aliphatic rings. The average molecular weight is 393 g/mol. The number of rotatable bonds is 6. The van der Waals surface area contributed by atoms with Crippen LogP contribution in [0.15, 0.2) is 54.7 Å². The molecule has 0 unspecified atom stereocenters. The van der Waals surface area contributed by atoms with Gasteiger partial charge in [-0.05, 0) is 35.7 Å². The van der Waals surface area contributed by atoms with Crippen molar-refractivity contribution in [1.82, 2.24) is 15.2 Å². The molecule has 1 aromatic heterocycles. The molecule has 152 valence electrons. The maximum absolute atomic E-state index is 12.2. The summed E-state index contributed by atoms with van der Waals surface area (Å²) in [6.07, 6.45) is 1.67. The van der Waals surface area contributed by atoms with Gasteiger partial charge in [0.15, 0.2) is 0 Å². The van der Waals surface area contributed by atoms with Crippen LogP contribution in [0.2, 0.25) is 0 Å². The van der Waals surface area contributed by atoms with Crippen molar-refractivity contribution in [2.75, 3.05) is 33.0 Å². The topological polar surface area (TPSA) is 104 Å². The van der Waals surface area contributed by atoms with Crippen LogP contribution in [0, 0.1) is 5.41 Å². The summed E-state index contributed by atoms with van der Waals surface area (Å²) in [6, 6.07) is 14.5. The van der Waals surface area contributed by atoms with Gasteiger partial charge < -0.3 is 20.7 Å². The first-order valence-electron chi connectivity index (χ1n) is 8.87. The lowest BCUT2D eigenvalue weighted by Gasteiger charge is -2.14. The number of carbonyl (C=O) groups excluding carboxylic acids is 1. The zero-order valence-electron chi connectivity index (χ0n) is 15.9. The summed E-state index contributed by atoms with van der Waals surface area (Å²) in [4.78, 5) is 18.0. The molecule has 0 saturated carbocycles. The minimum atomic E-state index is -0.182. The summed E-state index contributed by atoms with van der Waals surface area (Å²) in [5.41, 5.74) is 7.19. The van der Waals surface area contributed by atoms with E-state index in [1.807, 2.05) is 38.4 Å². The van der Waals surface area contributed by atoms with Crippen molar-refractivity contribution in [2.45, 2.75) is 7.43 Å². The second-order valence-electron chi connectivity index (χ2n) is 6.50. The van der Waals surface area contributed by atoms with E-state index in [0.717, 1.165) is 16.3 Å². The first-order chi connectivity index (χ1) is 13.5. The molecule has 4 N–H and O–H groups in total. The maximum Gasteiger partial charge on any atom is 0.251 e. The second-order valence-corrected chi connectivity index (χ2v) is 6.50. The van der Waals surface area contributed by atoms with Crippen LogP contribution in [0.3, 0.4) is 0 Å². The molecule has 3 rings (SSSR count). The highest BCUT2D eigenvalue weighted by atomic mass is 16.5. The normalized spacial score (nSPS) is 10.1. The Labute approximate surface area is 171 Å². The molecule has 1 amide bonds. The monoisotopic (exact) mass is 393 g/mol. The Morgan fingerprint density at radius 3 is 2.52 bits per heavy atom. The Kier molecular flexibility index (Phi) is 7.14. The highest BCUT2D eigenvalue weighted by Gasteiger charge is 2.08. The number of nitrogens with two attached hydrogens (primary N) is 1. The van der Waals surface area contributed by atoms with Gasteiger partial charge in [-0.15, -0.1) is 0 Å². The Balaban J connectivity index is 0.00000300. The van der Waals surface area contributed by atoms with E-state index in [0.29, 0.717) is 36.1 Å². The number of hydrogen-bond donors (Lipinski definition) is 3. The quantitative estimate of drug-likeness (QED) is 0.339. The van der Waals surface area contributed by atoms with Crippen molar-refractivity contribution in [1.29, 1.82) is 5.41 Å². The van der Waals surface area contributed by atoms with Gasteiger partial charge >= 0.3 is 0 Å². The van der Waals surface area contributed by atoms with Crippen molar-refractivity contribution < 1.29 is 9.53 Å². The molecule has 3 aromatic rings. The SMILES string of the molecule is C.CN(C)C(=N)c1ccc(C(=O)NCCOc2ccc3ccnc(N)c3c2)cc1. The summed E-state index contributed by atoms with van der Waals surface area (Å²) in [6.45, 7) is 0.704. The number of carbonyl (C=O) groups is 1. The number of amidine groups is 1. The van der Waals surface area contributed by atoms with Crippen molar-refractivity contribution in [3.8, 4) is 5.75 Å². The Morgan fingerprint density at radius 2 is 1.83 bits per heavy atom. The number of ether oxygens (including phenoxy) is 1. The third-order valence-electron chi connectivity index (χ3n) is 4.29. The average Bonchev–Trinajstić information content (AvgIpc) is 2.71. The molecule has 0 fully saturated rings. The van der Waals surface area contributed by atoms with Gasteiger partial charge in [-0.2, -0.15) is 0 Å². The van der Waals surface area contributed by atoms with E-state index in [2.05, 4.69) is 10.3 Å². The summed E-state index contributed by atoms with van der Waals surface area (Å²) >= 11 is 0. The highest BCUT2D eigenvalue weighted by molar-refractivity contribution is 5.98. The van der Waals surface area contributed by atoms with Gasteiger partial charge in [-0.25, -0.2) is 4.98 Å². The van der Waals surface area contributed by atoms with Gasteiger partial charge in [-0.1, -0.05) is 25.6 Å². The fraction of sp³-hybridized carbons (Fsp3) is 0.227. The van der Waals surface area contributed by atoms with E-state index in [9.17, 15) is 4.79 Å². The number of pyridine rings is 1. The van der Waals surface area contributed by atoms with Crippen LogP contribution < -0.4 is 15.8 Å². The molecule has 29 heavy (non-hydrogen) atoms. The van der Waals surface area contributed by atoms with Gasteiger partial charge in [0.25, 0.3) is 5.91 Å². The van der Waals surface area contributed by atoms with Crippen LogP contribution in [0.5, 0.6) is 5.75 Å². The van der Waals surface area contributed by atoms with Crippen LogP contribution >= 0.6 is 0 Å². The Morgan fingerprint density at radius 1 is 1.14 bits per heavy atom. The molecule has 1 heterocycles. The number of nitrogen functional groups attached to an aromatic ring is 1. The van der Waals surface area contributed by atoms with Crippen LogP contribution in [0.25, 0.3) is 10.8 Å². The van der Waals surface area contributed by atoms with E-state index < -0.39 is 0 Å². The zero-order valence-corrected chi connectivity index (χ0v) is 15.9. The minimum Gasteiger partial charge on any atom is -0.492 e. The first-order valence-corrected chi connectivity index (χ1v) is 8.87. The van der Waals surface area contributed by atoms with Crippen LogP contribution in [0.1, 0.15) is 23.3 Å². The van der Waals surface area contributed by atoms with Gasteiger partial charge in [0.1, 0.15) is 24.0 Å². The van der Waals surface area contributed by atoms with Gasteiger partial charge in [0.2, 0.25) is 0 Å². The van der Waals surface area contributed by atoms with E-state index in [1.165, 1.54) is 0 Å². The standard InChI is InChI=1S/C21H23N5O2.CH4/c1-26(2)20(23)15-3-5-16(6-4-15)21(27)25-11-12-28-17-8-7-14-9-10-24-19(22)18(14)13-17;/h3-10,13,23H,11-12H2,1-2H3,(H2,22,24)(H,25,27);1H4. The Bertz CT molecular complexity index is 1000. The summed E-state index contributed by atoms with van der Waals surface area (Å²) in [7, 11) is 3.62. The number of amides is 1. The molecular formula is C22H27N5O2. The fourth-order valence-electron chi connectivity index (χ4n) is 2.73. The first kappa shape index (κ1) is 21.7. The maximum atomic E-state index is 12.2. The molecular weight excluding hydrogens is 366 g/mol. The van der Waals surface area contributed by atoms with Crippen LogP contribution in [-0.2, 0) is 0 Å². The van der Waals surface area contributed by atoms with Gasteiger partial charge in [-0.3, -0.25) is 10.2 Å². The lowest BCUT2D eigenvalue weighted by atomic mass is 10.1. The third-order valence-corrected chi connectivity index (χ3v) is 4.29. The number of hydrogen-bond acceptors (Lipinski definition) is 5. The smallest absolute Gasteiger partial charge is 0.251 e. The van der Waals surface area contributed by atoms with Crippen molar-refractivity contribution in [2.24, 2.45) is 0 Å². The predicted molar refractivity (Wildman–Crippen MR) is 118 cm³/mol. The largest absolute Gasteiger partial charge is 0.492 e. The summed E-state index contributed by atoms with van der Waals surface area (Å²) in [5.74, 6) is 1.35. The van der Waals surface area contributed by atoms with Gasteiger partial charge in [0, 0.05) is 36.8 Å². The van der Waals surface area contributed by atoms with E-state index in [1.54, 1.807) is 35.4 Å². The minimum absolute atomic E-state index is 0. The zero-order chi connectivity index (χ0) is 20.1. The summed E-state index contributed by atoms with van der Waals surface area (Å²) in [5, 5.41) is 12.6. The number of nitrogens with one attached hydrogen (secondary N) is 2. The number of nitrogens with zero attached hydrogens (tertiary/aromatic N) is 2. The molecule has 2 aromatic carbocycles. The number of fused-ring (bicyclic) bond motifs is 1. The van der Waals surface area contributed by atoms with Crippen LogP contribution in [-0.4, -0.2) is 48.9 Å². The molecule has 0 aliphatic carbocycles. The van der Waals surface area contributed by atoms with Crippen LogP contribution in [0.4, 0.5) is 5.82 Å². The molecule has 0 spiro atoms. The molecule has 0 radical (unpaired) electrons. The number of aromatic nitrogens is 1. The molecule has 0 saturated heterocycles. The van der Waals surface area contributed by atoms with E-state index in [4.69, 9.17) is 15.9 Å². The van der Waals surface area contributed by atoms with Crippen molar-refractivity contribution in [3.63, 3.8) is 0 Å². The number of anilines is 1. The molecule has 7 nitrogen and oxygen atoms in total. The van der Waals surface area contributed by atoms with E-state index in [-0.39, 0.29) is 13.3 Å². The lowest BCUT2D eigenvalue weighted by Crippen LogP contribution is -2.28. The van der Waals surface area contributed by atoms with E-state index >= 15 is 0 Å². The van der Waals surface area contributed by atoms with Crippen molar-refractivity contribution >= 4 is 28.3 Å². The third kappa shape index (κ3) is 5.22. The summed E-state index contributed by atoms with van der Waals surface area (Å²) < 4.78 is 5.70. The second kappa shape index (κ2) is 9.54. The van der Waals surface area contributed by atoms with Crippen molar-refractivity contribution in [3.05, 3.63) is 65.9 Å². The predicted octanol–water partition coefficient (Wildman–Crippen LogP) is 3.15. The molecule has 0 aliphatic heterocycles. The fourth-order valence-corrected chi connectivity index (χ4v) is 2.73.